The SMILES string of the molecule is C=C(C)[C@@H]1CC[C@]2(C)CC[C@]3(C)[C@H](CC[C@@H]4[C@@]5(C)Cc6c([nH]c7ccc(F)cc67)C(C)(C)[C@@H]5CC[C@]43C)[C@@H]12. The van der Waals surface area contributed by atoms with Crippen molar-refractivity contribution in [2.45, 2.75) is 112 Å². The fourth-order valence-corrected chi connectivity index (χ4v) is 12.8. The van der Waals surface area contributed by atoms with Gasteiger partial charge in [-0.15, -0.1) is 0 Å². The standard InChI is InChI=1S/C36H50FN/c1-21(2)23-13-15-33(5)17-18-35(7)26(30(23)33)10-12-29-34(6)20-25-24-19-22(37)9-11-27(24)38-31(25)32(3,4)28(34)14-16-36(29,35)8/h9,11,19,23,26,28-30,38H,1,10,12-18,20H2,2-8H3/t23-,26+,28-,29+,30+,33+,34-,35+,36+/m0/s1. The Bertz CT molecular complexity index is 1330. The molecule has 7 rings (SSSR count). The highest BCUT2D eigenvalue weighted by molar-refractivity contribution is 5.85. The topological polar surface area (TPSA) is 15.8 Å². The zero-order valence-electron chi connectivity index (χ0n) is 25.1. The van der Waals surface area contributed by atoms with Crippen molar-refractivity contribution >= 4 is 10.9 Å². The van der Waals surface area contributed by atoms with Gasteiger partial charge >= 0.3 is 0 Å². The van der Waals surface area contributed by atoms with Gasteiger partial charge in [-0.05, 0) is 140 Å². The molecule has 4 saturated carbocycles. The normalized spacial score (nSPS) is 47.0. The predicted octanol–water partition coefficient (Wildman–Crippen LogP) is 10.00. The summed E-state index contributed by atoms with van der Waals surface area (Å²) in [7, 11) is 0. The van der Waals surface area contributed by atoms with E-state index in [0.717, 1.165) is 35.1 Å². The number of aromatic amines is 1. The number of fused-ring (bicyclic) bond motifs is 10. The number of nitrogens with one attached hydrogen (secondary N) is 1. The summed E-state index contributed by atoms with van der Waals surface area (Å²) in [5, 5.41) is 1.13. The molecule has 2 heteroatoms. The minimum Gasteiger partial charge on any atom is -0.358 e. The van der Waals surface area contributed by atoms with Gasteiger partial charge in [0.2, 0.25) is 0 Å². The van der Waals surface area contributed by atoms with Gasteiger partial charge in [0.1, 0.15) is 5.82 Å². The number of H-pyrrole nitrogens is 1. The minimum absolute atomic E-state index is 0.0680. The lowest BCUT2D eigenvalue weighted by atomic mass is 9.32. The largest absolute Gasteiger partial charge is 0.358 e. The molecule has 9 atom stereocenters. The van der Waals surface area contributed by atoms with Crippen molar-refractivity contribution in [1.29, 1.82) is 0 Å². The van der Waals surface area contributed by atoms with Crippen molar-refractivity contribution in [3.63, 3.8) is 0 Å². The lowest BCUT2D eigenvalue weighted by molar-refractivity contribution is -0.223. The molecule has 0 amide bonds. The van der Waals surface area contributed by atoms with E-state index in [1.807, 2.05) is 6.07 Å². The van der Waals surface area contributed by atoms with Crippen LogP contribution in [0.1, 0.15) is 111 Å². The van der Waals surface area contributed by atoms with Crippen molar-refractivity contribution in [3.05, 3.63) is 47.4 Å². The fraction of sp³-hybridized carbons (Fsp3) is 0.722. The Kier molecular flexibility index (Phi) is 5.07. The molecule has 5 aliphatic carbocycles. The molecule has 1 nitrogen and oxygen atoms in total. The Labute approximate surface area is 230 Å². The minimum atomic E-state index is -0.111. The number of halogens is 1. The molecule has 1 aromatic heterocycles. The molecule has 0 saturated heterocycles. The molecule has 0 aliphatic heterocycles. The van der Waals surface area contributed by atoms with Gasteiger partial charge in [0.15, 0.2) is 0 Å². The third-order valence-electron chi connectivity index (χ3n) is 14.7. The molecule has 1 N–H and O–H groups in total. The molecular formula is C36H50FN. The van der Waals surface area contributed by atoms with Gasteiger partial charge in [-0.2, -0.15) is 0 Å². The van der Waals surface area contributed by atoms with Crippen LogP contribution < -0.4 is 0 Å². The van der Waals surface area contributed by atoms with Crippen LogP contribution >= 0.6 is 0 Å². The van der Waals surface area contributed by atoms with E-state index in [4.69, 9.17) is 0 Å². The van der Waals surface area contributed by atoms with E-state index < -0.39 is 0 Å². The predicted molar refractivity (Wildman–Crippen MR) is 157 cm³/mol. The molecule has 206 valence electrons. The lowest BCUT2D eigenvalue weighted by Crippen LogP contribution is -2.66. The van der Waals surface area contributed by atoms with Gasteiger partial charge in [0.25, 0.3) is 0 Å². The Morgan fingerprint density at radius 3 is 2.39 bits per heavy atom. The molecule has 5 aliphatic rings. The Morgan fingerprint density at radius 1 is 0.895 bits per heavy atom. The first-order valence-electron chi connectivity index (χ1n) is 15.7. The number of aromatic nitrogens is 1. The first-order chi connectivity index (χ1) is 17.8. The van der Waals surface area contributed by atoms with E-state index in [1.165, 1.54) is 68.2 Å². The van der Waals surface area contributed by atoms with Crippen molar-refractivity contribution in [1.82, 2.24) is 4.98 Å². The average molecular weight is 516 g/mol. The molecular weight excluding hydrogens is 465 g/mol. The van der Waals surface area contributed by atoms with E-state index in [1.54, 1.807) is 12.1 Å². The summed E-state index contributed by atoms with van der Waals surface area (Å²) in [5.41, 5.74) is 6.92. The van der Waals surface area contributed by atoms with Crippen LogP contribution in [0.5, 0.6) is 0 Å². The second kappa shape index (κ2) is 7.58. The Balaban J connectivity index is 1.33. The molecule has 0 radical (unpaired) electrons. The van der Waals surface area contributed by atoms with E-state index >= 15 is 0 Å². The number of rotatable bonds is 1. The molecule has 2 aromatic rings. The van der Waals surface area contributed by atoms with Crippen LogP contribution in [0.4, 0.5) is 4.39 Å². The second-order valence-corrected chi connectivity index (χ2v) is 16.4. The summed E-state index contributed by atoms with van der Waals surface area (Å²) < 4.78 is 14.5. The fourth-order valence-electron chi connectivity index (χ4n) is 12.8. The first kappa shape index (κ1) is 25.4. The maximum atomic E-state index is 14.5. The highest BCUT2D eigenvalue weighted by Crippen LogP contribution is 2.77. The zero-order valence-corrected chi connectivity index (χ0v) is 25.1. The maximum Gasteiger partial charge on any atom is 0.123 e. The third-order valence-corrected chi connectivity index (χ3v) is 14.7. The van der Waals surface area contributed by atoms with E-state index in [-0.39, 0.29) is 16.6 Å². The van der Waals surface area contributed by atoms with Crippen LogP contribution in [-0.4, -0.2) is 4.98 Å². The van der Waals surface area contributed by atoms with Gasteiger partial charge < -0.3 is 4.98 Å². The van der Waals surface area contributed by atoms with Gasteiger partial charge in [-0.25, -0.2) is 4.39 Å². The summed E-state index contributed by atoms with van der Waals surface area (Å²) in [4.78, 5) is 3.79. The van der Waals surface area contributed by atoms with Crippen LogP contribution in [-0.2, 0) is 11.8 Å². The van der Waals surface area contributed by atoms with Gasteiger partial charge in [0.05, 0.1) is 0 Å². The van der Waals surface area contributed by atoms with Crippen LogP contribution in [0.25, 0.3) is 10.9 Å². The number of hydrogen-bond donors (Lipinski definition) is 1. The lowest BCUT2D eigenvalue weighted by Gasteiger charge is -2.72. The molecule has 1 heterocycles. The Morgan fingerprint density at radius 2 is 1.66 bits per heavy atom. The van der Waals surface area contributed by atoms with Crippen molar-refractivity contribution in [2.75, 3.05) is 0 Å². The monoisotopic (exact) mass is 515 g/mol. The first-order valence-corrected chi connectivity index (χ1v) is 15.7. The second-order valence-electron chi connectivity index (χ2n) is 16.4. The van der Waals surface area contributed by atoms with Gasteiger partial charge in [-0.3, -0.25) is 0 Å². The molecule has 0 bridgehead atoms. The molecule has 38 heavy (non-hydrogen) atoms. The van der Waals surface area contributed by atoms with Crippen LogP contribution in [0, 0.1) is 57.1 Å². The number of allylic oxidation sites excluding steroid dienone is 1. The van der Waals surface area contributed by atoms with Gasteiger partial charge in [0, 0.05) is 22.0 Å². The van der Waals surface area contributed by atoms with Crippen molar-refractivity contribution < 1.29 is 4.39 Å². The van der Waals surface area contributed by atoms with Crippen LogP contribution in [0.3, 0.4) is 0 Å². The highest BCUT2D eigenvalue weighted by Gasteiger charge is 2.70. The molecule has 0 unspecified atom stereocenters. The highest BCUT2D eigenvalue weighted by atomic mass is 19.1. The van der Waals surface area contributed by atoms with E-state index in [2.05, 4.69) is 60.0 Å². The van der Waals surface area contributed by atoms with Gasteiger partial charge in [-0.1, -0.05) is 53.7 Å². The Hall–Kier alpha value is -1.57. The summed E-state index contributed by atoms with van der Waals surface area (Å²) in [6.45, 7) is 22.6. The summed E-state index contributed by atoms with van der Waals surface area (Å²) in [6.07, 6.45) is 12.1. The molecule has 0 spiro atoms. The smallest absolute Gasteiger partial charge is 0.123 e. The number of benzene rings is 1. The van der Waals surface area contributed by atoms with E-state index in [0.29, 0.717) is 28.1 Å². The van der Waals surface area contributed by atoms with Crippen molar-refractivity contribution in [2.24, 2.45) is 51.2 Å². The average Bonchev–Trinajstić information content (AvgIpc) is 3.38. The zero-order chi connectivity index (χ0) is 27.0. The van der Waals surface area contributed by atoms with E-state index in [9.17, 15) is 4.39 Å². The molecule has 1 aromatic carbocycles. The summed E-state index contributed by atoms with van der Waals surface area (Å²) >= 11 is 0. The summed E-state index contributed by atoms with van der Waals surface area (Å²) in [6, 6.07) is 5.37. The number of hydrogen-bond acceptors (Lipinski definition) is 0. The maximum absolute atomic E-state index is 14.5. The molecule has 4 fully saturated rings. The summed E-state index contributed by atoms with van der Waals surface area (Å²) in [5.74, 6) is 3.61. The van der Waals surface area contributed by atoms with Crippen LogP contribution in [0.15, 0.2) is 30.4 Å². The van der Waals surface area contributed by atoms with Crippen LogP contribution in [0.2, 0.25) is 0 Å². The third kappa shape index (κ3) is 2.89. The quantitative estimate of drug-likeness (QED) is 0.364. The van der Waals surface area contributed by atoms with Crippen molar-refractivity contribution in [3.8, 4) is 0 Å².